The zero-order chi connectivity index (χ0) is 29.6. The minimum atomic E-state index is -2.38. The summed E-state index contributed by atoms with van der Waals surface area (Å²) >= 11 is -2.38. The van der Waals surface area contributed by atoms with Crippen LogP contribution in [0.15, 0.2) is 36.7 Å². The number of nitrogens with one attached hydrogen (secondary N) is 1. The van der Waals surface area contributed by atoms with Crippen LogP contribution in [-0.4, -0.2) is 67.7 Å². The largest absolute Gasteiger partial charge is 0 e. The van der Waals surface area contributed by atoms with Crippen LogP contribution in [0.5, 0.6) is 0 Å². The van der Waals surface area contributed by atoms with Crippen molar-refractivity contribution in [2.45, 2.75) is 32.8 Å². The zero-order valence-electron chi connectivity index (χ0n) is 20.4. The standard InChI is InChI=1S/C18H22N8O6S.3CO.Re/c27-13-32-12-26-10-17(20-23-26)8-24(7-16-9-25(22-19-16)11-18(28)29)6-5-14-1-3-15(4-2-14)21-33(30)31;3*1-2;/h1-4,9-10,13,21H,5-8,11-12H2,(H,28,29)(H,30,31);;;;/p-1. The number of anilines is 1. The van der Waals surface area contributed by atoms with Crippen molar-refractivity contribution in [1.29, 1.82) is 0 Å². The molecule has 0 saturated heterocycles. The molecule has 0 saturated carbocycles. The SMILES string of the molecule is O=COCn1cc(CN(CCc2ccc(NS(=O)[O-])cc2)Cc2cn(CC(=O)O)nn2)nn1.[C-]#[O+].[C-]#[O+].[C-]#[O+].[Re]. The smallest absolute Gasteiger partial charge is 0 e. The van der Waals surface area contributed by atoms with Crippen LogP contribution in [0.3, 0.4) is 0 Å². The molecule has 0 aliphatic heterocycles. The fraction of sp³-hybridized carbons (Fsp3) is 0.286. The number of benzene rings is 1. The fourth-order valence-corrected chi connectivity index (χ4v) is 3.33. The summed E-state index contributed by atoms with van der Waals surface area (Å²) in [5.41, 5.74) is 2.68. The average molecular weight is 748 g/mol. The van der Waals surface area contributed by atoms with Crippen LogP contribution in [0, 0.1) is 20.0 Å². The Balaban J connectivity index is 0. The van der Waals surface area contributed by atoms with E-state index in [1.807, 2.05) is 17.0 Å². The minimum Gasteiger partial charge on any atom is 0 e. The predicted molar refractivity (Wildman–Crippen MR) is 123 cm³/mol. The number of aromatic nitrogens is 6. The quantitative estimate of drug-likeness (QED) is 0.0915. The molecule has 2 aromatic heterocycles. The molecule has 17 nitrogen and oxygen atoms in total. The van der Waals surface area contributed by atoms with Gasteiger partial charge in [-0.15, -0.1) is 10.2 Å². The normalized spacial score (nSPS) is 10.0. The topological polar surface area (TPSA) is 240 Å². The molecule has 1 aromatic carbocycles. The molecule has 1 unspecified atom stereocenters. The summed E-state index contributed by atoms with van der Waals surface area (Å²) in [6, 6.07) is 6.99. The van der Waals surface area contributed by atoms with Gasteiger partial charge in [-0.1, -0.05) is 22.6 Å². The maximum atomic E-state index is 10.9. The molecule has 3 aromatic rings. The number of carbonyl (C=O) groups is 2. The molecule has 0 fully saturated rings. The van der Waals surface area contributed by atoms with Gasteiger partial charge in [0.05, 0.1) is 23.8 Å². The molecule has 19 heteroatoms. The molecule has 0 bridgehead atoms. The van der Waals surface area contributed by atoms with Crippen LogP contribution >= 0.6 is 0 Å². The van der Waals surface area contributed by atoms with Gasteiger partial charge in [-0.05, 0) is 24.1 Å². The third-order valence-electron chi connectivity index (χ3n) is 4.39. The van der Waals surface area contributed by atoms with Gasteiger partial charge in [-0.2, -0.15) is 0 Å². The van der Waals surface area contributed by atoms with Crippen LogP contribution in [-0.2, 0) is 92.8 Å². The summed E-state index contributed by atoms with van der Waals surface area (Å²) in [5.74, 6) is -1.02. The predicted octanol–water partition coefficient (Wildman–Crippen LogP) is -0.579. The second kappa shape index (κ2) is 23.1. The molecule has 0 amide bonds. The molecular weight excluding hydrogens is 727 g/mol. The molecule has 1 atom stereocenters. The van der Waals surface area contributed by atoms with Crippen molar-refractivity contribution in [3.8, 4) is 0 Å². The molecule has 2 heterocycles. The second-order valence-corrected chi connectivity index (χ2v) is 7.61. The van der Waals surface area contributed by atoms with Crippen molar-refractivity contribution in [2.75, 3.05) is 11.3 Å². The summed E-state index contributed by atoms with van der Waals surface area (Å²) < 4.78 is 53.6. The molecule has 1 radical (unpaired) electrons. The van der Waals surface area contributed by atoms with E-state index in [2.05, 4.69) is 50.0 Å². The van der Waals surface area contributed by atoms with Crippen LogP contribution in [0.2, 0.25) is 0 Å². The van der Waals surface area contributed by atoms with Crippen molar-refractivity contribution in [2.24, 2.45) is 0 Å². The van der Waals surface area contributed by atoms with Crippen LogP contribution < -0.4 is 4.72 Å². The van der Waals surface area contributed by atoms with E-state index in [4.69, 9.17) is 19.1 Å². The second-order valence-electron chi connectivity index (χ2n) is 6.94. The molecule has 0 aliphatic carbocycles. The van der Waals surface area contributed by atoms with Gasteiger partial charge in [0, 0.05) is 57.0 Å². The first-order valence-corrected chi connectivity index (χ1v) is 11.3. The first-order valence-electron chi connectivity index (χ1n) is 10.2. The summed E-state index contributed by atoms with van der Waals surface area (Å²) in [5, 5.41) is 24.7. The number of aliphatic carboxylic acids is 1. The molecule has 0 spiro atoms. The summed E-state index contributed by atoms with van der Waals surface area (Å²) in [6.07, 6.45) is 3.87. The molecule has 0 aliphatic rings. The van der Waals surface area contributed by atoms with E-state index in [0.29, 0.717) is 49.6 Å². The van der Waals surface area contributed by atoms with Crippen molar-refractivity contribution < 1.29 is 62.6 Å². The van der Waals surface area contributed by atoms with Crippen LogP contribution in [0.25, 0.3) is 0 Å². The van der Waals surface area contributed by atoms with E-state index in [9.17, 15) is 18.4 Å². The fourth-order valence-electron chi connectivity index (χ4n) is 3.00. The number of carboxylic acids is 1. The first kappa shape index (κ1) is 38.3. The Morgan fingerprint density at radius 1 is 1.05 bits per heavy atom. The number of rotatable bonds is 14. The van der Waals surface area contributed by atoms with Gasteiger partial charge in [0.25, 0.3) is 6.47 Å². The Morgan fingerprint density at radius 3 is 2.08 bits per heavy atom. The van der Waals surface area contributed by atoms with Crippen molar-refractivity contribution in [3.63, 3.8) is 0 Å². The van der Waals surface area contributed by atoms with Gasteiger partial charge in [-0.3, -0.25) is 18.7 Å². The summed E-state index contributed by atoms with van der Waals surface area (Å²) in [4.78, 5) is 23.3. The Bertz CT molecular complexity index is 1220. The van der Waals surface area contributed by atoms with Crippen LogP contribution in [0.1, 0.15) is 17.0 Å². The number of carboxylic acid groups (broad SMARTS) is 1. The number of hydrogen-bond acceptors (Lipinski definition) is 10. The molecular formula is C21H21N8O9ReS-. The van der Waals surface area contributed by atoms with E-state index in [0.717, 1.165) is 5.56 Å². The Hall–Kier alpha value is -3.81. The first-order chi connectivity index (χ1) is 18.9. The van der Waals surface area contributed by atoms with Gasteiger partial charge in [0.1, 0.15) is 6.54 Å². The number of nitrogens with zero attached hydrogens (tertiary/aromatic N) is 7. The maximum absolute atomic E-state index is 10.9. The third kappa shape index (κ3) is 15.6. The Kier molecular flexibility index (Phi) is 22.2. The van der Waals surface area contributed by atoms with Crippen molar-refractivity contribution >= 4 is 29.4 Å². The minimum absolute atomic E-state index is 0. The molecule has 3 rings (SSSR count). The molecule has 213 valence electrons. The van der Waals surface area contributed by atoms with E-state index >= 15 is 0 Å². The van der Waals surface area contributed by atoms with Gasteiger partial charge >= 0.3 is 39.9 Å². The Labute approximate surface area is 244 Å². The van der Waals surface area contributed by atoms with Gasteiger partial charge in [-0.25, -0.2) is 9.36 Å². The van der Waals surface area contributed by atoms with Crippen molar-refractivity contribution in [3.05, 3.63) is 73.6 Å². The van der Waals surface area contributed by atoms with Gasteiger partial charge in [0.2, 0.25) is 0 Å². The number of hydrogen-bond donors (Lipinski definition) is 2. The Morgan fingerprint density at radius 2 is 1.57 bits per heavy atom. The van der Waals surface area contributed by atoms with Crippen LogP contribution in [0.4, 0.5) is 5.69 Å². The summed E-state index contributed by atoms with van der Waals surface area (Å²) in [6.45, 7) is 14.9. The third-order valence-corrected chi connectivity index (χ3v) is 4.79. The summed E-state index contributed by atoms with van der Waals surface area (Å²) in [7, 11) is 0. The van der Waals surface area contributed by atoms with Crippen molar-refractivity contribution in [1.82, 2.24) is 34.9 Å². The molecule has 40 heavy (non-hydrogen) atoms. The monoisotopic (exact) mass is 748 g/mol. The van der Waals surface area contributed by atoms with E-state index in [-0.39, 0.29) is 33.7 Å². The number of ether oxygens (including phenoxy) is 1. The van der Waals surface area contributed by atoms with E-state index in [1.54, 1.807) is 24.5 Å². The van der Waals surface area contributed by atoms with Gasteiger partial charge in [0.15, 0.2) is 6.73 Å². The number of carbonyl (C=O) groups excluding carboxylic acids is 1. The maximum Gasteiger partial charge on any atom is 0 e. The zero-order valence-corrected chi connectivity index (χ0v) is 23.9. The van der Waals surface area contributed by atoms with E-state index in [1.165, 1.54) is 9.36 Å². The van der Waals surface area contributed by atoms with Gasteiger partial charge < -0.3 is 19.1 Å². The average Bonchev–Trinajstić information content (AvgIpc) is 3.58. The van der Waals surface area contributed by atoms with E-state index < -0.39 is 17.2 Å². The molecule has 2 N–H and O–H groups in total.